The zero-order valence-electron chi connectivity index (χ0n) is 11.2. The van der Waals surface area contributed by atoms with Gasteiger partial charge in [0, 0.05) is 10.9 Å². The van der Waals surface area contributed by atoms with Crippen LogP contribution in [0.15, 0.2) is 6.07 Å². The number of rotatable bonds is 3. The van der Waals surface area contributed by atoms with Crippen molar-refractivity contribution in [2.75, 3.05) is 5.32 Å². The van der Waals surface area contributed by atoms with Gasteiger partial charge in [-0.1, -0.05) is 13.8 Å². The number of halogens is 1. The molecule has 2 atom stereocenters. The lowest BCUT2D eigenvalue weighted by Crippen LogP contribution is -2.16. The molecule has 0 bridgehead atoms. The van der Waals surface area contributed by atoms with Crippen molar-refractivity contribution in [1.29, 1.82) is 0 Å². The molecule has 2 heterocycles. The lowest BCUT2D eigenvalue weighted by atomic mass is 10.1. The van der Waals surface area contributed by atoms with Crippen molar-refractivity contribution in [2.45, 2.75) is 45.6 Å². The molecule has 1 fully saturated rings. The second-order valence-corrected chi connectivity index (χ2v) is 6.84. The molecule has 19 heavy (non-hydrogen) atoms. The third kappa shape index (κ3) is 2.70. The summed E-state index contributed by atoms with van der Waals surface area (Å²) in [4.78, 5) is 11.0. The normalized spacial score (nSPS) is 23.1. The molecule has 0 spiro atoms. The van der Waals surface area contributed by atoms with Crippen molar-refractivity contribution in [1.82, 2.24) is 9.97 Å². The van der Waals surface area contributed by atoms with Gasteiger partial charge in [-0.05, 0) is 49.3 Å². The maximum Gasteiger partial charge on any atom is 0.225 e. The third-order valence-electron chi connectivity index (χ3n) is 3.80. The van der Waals surface area contributed by atoms with E-state index in [-0.39, 0.29) is 0 Å². The number of nitrogens with zero attached hydrogens (tertiary/aromatic N) is 2. The summed E-state index contributed by atoms with van der Waals surface area (Å²) in [6, 6.07) is 2.71. The van der Waals surface area contributed by atoms with Crippen molar-refractivity contribution < 1.29 is 0 Å². The largest absolute Gasteiger partial charge is 0.367 e. The van der Waals surface area contributed by atoms with Gasteiger partial charge in [-0.3, -0.25) is 0 Å². The fraction of sp³-hybridized carbons (Fsp3) is 0.571. The Morgan fingerprint density at radius 1 is 1.42 bits per heavy atom. The number of hydrogen-bond acceptors (Lipinski definition) is 4. The molecular weight excluding hydrogens is 278 g/mol. The van der Waals surface area contributed by atoms with Gasteiger partial charge in [-0.2, -0.15) is 0 Å². The monoisotopic (exact) mass is 295 g/mol. The minimum atomic E-state index is 0.338. The first-order valence-corrected chi connectivity index (χ1v) is 8.07. The van der Waals surface area contributed by atoms with Crippen LogP contribution in [0.2, 0.25) is 5.28 Å². The summed E-state index contributed by atoms with van der Waals surface area (Å²) >= 11 is 7.74. The highest BCUT2D eigenvalue weighted by Gasteiger charge is 2.22. The summed E-state index contributed by atoms with van der Waals surface area (Å²) in [7, 11) is 0. The Balaban J connectivity index is 1.94. The van der Waals surface area contributed by atoms with Crippen LogP contribution in [-0.4, -0.2) is 16.0 Å². The first-order valence-electron chi connectivity index (χ1n) is 6.88. The molecule has 1 aliphatic carbocycles. The van der Waals surface area contributed by atoms with Gasteiger partial charge in [-0.25, -0.2) is 9.97 Å². The van der Waals surface area contributed by atoms with Crippen molar-refractivity contribution in [2.24, 2.45) is 5.92 Å². The van der Waals surface area contributed by atoms with Crippen molar-refractivity contribution in [3.05, 3.63) is 16.2 Å². The molecule has 0 aliphatic heterocycles. The van der Waals surface area contributed by atoms with Gasteiger partial charge in [-0.15, -0.1) is 11.3 Å². The van der Waals surface area contributed by atoms with E-state index >= 15 is 0 Å². The van der Waals surface area contributed by atoms with Gasteiger partial charge < -0.3 is 5.32 Å². The molecule has 5 heteroatoms. The van der Waals surface area contributed by atoms with Gasteiger partial charge in [0.05, 0.1) is 5.39 Å². The lowest BCUT2D eigenvalue weighted by Gasteiger charge is -2.13. The number of fused-ring (bicyclic) bond motifs is 1. The average Bonchev–Trinajstić information content (AvgIpc) is 2.95. The van der Waals surface area contributed by atoms with Gasteiger partial charge in [0.2, 0.25) is 5.28 Å². The molecule has 3 nitrogen and oxygen atoms in total. The predicted octanol–water partition coefficient (Wildman–Crippen LogP) is 4.51. The van der Waals surface area contributed by atoms with Gasteiger partial charge in [0.15, 0.2) is 0 Å². The maximum atomic E-state index is 6.03. The van der Waals surface area contributed by atoms with Gasteiger partial charge in [0.25, 0.3) is 0 Å². The van der Waals surface area contributed by atoms with Crippen LogP contribution in [0.5, 0.6) is 0 Å². The second kappa shape index (κ2) is 5.25. The molecule has 0 amide bonds. The number of anilines is 1. The summed E-state index contributed by atoms with van der Waals surface area (Å²) in [5.74, 6) is 1.71. The predicted molar refractivity (Wildman–Crippen MR) is 82.2 cm³/mol. The summed E-state index contributed by atoms with van der Waals surface area (Å²) in [6.45, 7) is 4.47. The zero-order valence-corrected chi connectivity index (χ0v) is 12.8. The van der Waals surface area contributed by atoms with Crippen LogP contribution < -0.4 is 5.32 Å². The third-order valence-corrected chi connectivity index (χ3v) is 5.14. The van der Waals surface area contributed by atoms with E-state index in [0.29, 0.717) is 11.3 Å². The molecule has 102 valence electrons. The quantitative estimate of drug-likeness (QED) is 0.847. The van der Waals surface area contributed by atoms with Crippen LogP contribution in [0.4, 0.5) is 5.82 Å². The number of aryl methyl sites for hydroxylation is 1. The molecule has 2 aromatic rings. The Labute approximate surface area is 122 Å². The highest BCUT2D eigenvalue weighted by molar-refractivity contribution is 7.18. The minimum absolute atomic E-state index is 0.338. The van der Waals surface area contributed by atoms with Crippen molar-refractivity contribution in [3.63, 3.8) is 0 Å². The van der Waals surface area contributed by atoms with Crippen molar-refractivity contribution in [3.8, 4) is 0 Å². The average molecular weight is 296 g/mol. The number of thiophene rings is 1. The van der Waals surface area contributed by atoms with E-state index in [0.717, 1.165) is 28.4 Å². The smallest absolute Gasteiger partial charge is 0.225 e. The van der Waals surface area contributed by atoms with Crippen LogP contribution in [0.3, 0.4) is 0 Å². The zero-order chi connectivity index (χ0) is 13.4. The lowest BCUT2D eigenvalue weighted by molar-refractivity contribution is 0.602. The number of hydrogen-bond donors (Lipinski definition) is 1. The summed E-state index contributed by atoms with van der Waals surface area (Å²) in [6.07, 6.45) is 4.75. The maximum absolute atomic E-state index is 6.03. The summed E-state index contributed by atoms with van der Waals surface area (Å²) in [5, 5.41) is 5.02. The Morgan fingerprint density at radius 2 is 2.26 bits per heavy atom. The highest BCUT2D eigenvalue weighted by atomic mass is 35.5. The van der Waals surface area contributed by atoms with E-state index in [1.807, 2.05) is 0 Å². The minimum Gasteiger partial charge on any atom is -0.367 e. The summed E-state index contributed by atoms with van der Waals surface area (Å²) in [5.41, 5.74) is 0. The van der Waals surface area contributed by atoms with Crippen LogP contribution in [-0.2, 0) is 6.42 Å². The first-order chi connectivity index (χ1) is 9.15. The van der Waals surface area contributed by atoms with Crippen LogP contribution in [0.25, 0.3) is 10.2 Å². The fourth-order valence-electron chi connectivity index (χ4n) is 2.76. The fourth-order valence-corrected chi connectivity index (χ4v) is 3.95. The van der Waals surface area contributed by atoms with Crippen LogP contribution in [0.1, 0.15) is 38.0 Å². The molecule has 3 rings (SSSR count). The van der Waals surface area contributed by atoms with E-state index in [1.165, 1.54) is 24.1 Å². The van der Waals surface area contributed by atoms with Crippen molar-refractivity contribution >= 4 is 39.0 Å². The van der Waals surface area contributed by atoms with Crippen LogP contribution in [0, 0.1) is 5.92 Å². The topological polar surface area (TPSA) is 37.8 Å². The molecule has 1 saturated carbocycles. The molecule has 2 unspecified atom stereocenters. The van der Waals surface area contributed by atoms with E-state index in [9.17, 15) is 0 Å². The SMILES string of the molecule is CCc1cc2c(NC3CCC(C)C3)nc(Cl)nc2s1. The second-order valence-electron chi connectivity index (χ2n) is 5.39. The Morgan fingerprint density at radius 3 is 2.95 bits per heavy atom. The first kappa shape index (κ1) is 13.1. The number of nitrogens with one attached hydrogen (secondary N) is 1. The number of aromatic nitrogens is 2. The molecule has 0 radical (unpaired) electrons. The Kier molecular flexibility index (Phi) is 3.63. The molecule has 2 aromatic heterocycles. The van der Waals surface area contributed by atoms with E-state index in [4.69, 9.17) is 11.6 Å². The standard InChI is InChI=1S/C14H18ClN3S/c1-3-10-7-11-12(16-9-5-4-8(2)6-9)17-14(15)18-13(11)19-10/h7-9H,3-6H2,1-2H3,(H,16,17,18). The summed E-state index contributed by atoms with van der Waals surface area (Å²) < 4.78 is 0. The Bertz CT molecular complexity index is 596. The molecule has 0 saturated heterocycles. The van der Waals surface area contributed by atoms with Gasteiger partial charge in [0.1, 0.15) is 10.6 Å². The van der Waals surface area contributed by atoms with Gasteiger partial charge >= 0.3 is 0 Å². The van der Waals surface area contributed by atoms with E-state index in [1.54, 1.807) is 11.3 Å². The van der Waals surface area contributed by atoms with E-state index < -0.39 is 0 Å². The Hall–Kier alpha value is -0.870. The van der Waals surface area contributed by atoms with E-state index in [2.05, 4.69) is 35.2 Å². The molecule has 0 aromatic carbocycles. The molecule has 1 N–H and O–H groups in total. The molecular formula is C14H18ClN3S. The van der Waals surface area contributed by atoms with Crippen LogP contribution >= 0.6 is 22.9 Å². The molecule has 1 aliphatic rings. The highest BCUT2D eigenvalue weighted by Crippen LogP contribution is 2.33.